The molecule has 2 nitrogen and oxygen atoms in total. The van der Waals surface area contributed by atoms with Crippen molar-refractivity contribution in [2.75, 3.05) is 19.6 Å². The smallest absolute Gasteiger partial charge is 0.0424 e. The number of nitrogens with zero attached hydrogens (tertiary/aromatic N) is 1. The van der Waals surface area contributed by atoms with Crippen LogP contribution >= 0.6 is 23.2 Å². The van der Waals surface area contributed by atoms with Crippen LogP contribution in [0, 0.1) is 0 Å². The van der Waals surface area contributed by atoms with Gasteiger partial charge in [-0.1, -0.05) is 30.1 Å². The van der Waals surface area contributed by atoms with Gasteiger partial charge in [0.15, 0.2) is 0 Å². The summed E-state index contributed by atoms with van der Waals surface area (Å²) >= 11 is 12.1. The van der Waals surface area contributed by atoms with E-state index < -0.39 is 0 Å². The first kappa shape index (κ1) is 14.1. The van der Waals surface area contributed by atoms with Crippen LogP contribution in [0.15, 0.2) is 18.2 Å². The number of benzene rings is 1. The largest absolute Gasteiger partial charge is 0.315 e. The van der Waals surface area contributed by atoms with Crippen molar-refractivity contribution in [3.63, 3.8) is 0 Å². The molecule has 0 spiro atoms. The summed E-state index contributed by atoms with van der Waals surface area (Å²) in [6.07, 6.45) is 2.53. The number of likely N-dealkylation sites (N-methyl/N-ethyl adjacent to an activating group) is 1. The van der Waals surface area contributed by atoms with E-state index in [1.165, 1.54) is 18.4 Å². The summed E-state index contributed by atoms with van der Waals surface area (Å²) in [5, 5.41) is 4.90. The van der Waals surface area contributed by atoms with E-state index >= 15 is 0 Å². The molecular formula is C14H20Cl2N2. The van der Waals surface area contributed by atoms with E-state index in [-0.39, 0.29) is 0 Å². The van der Waals surface area contributed by atoms with Crippen LogP contribution in [-0.4, -0.2) is 30.6 Å². The second kappa shape index (κ2) is 6.76. The van der Waals surface area contributed by atoms with Crippen molar-refractivity contribution in [2.24, 2.45) is 0 Å². The Morgan fingerprint density at radius 2 is 2.00 bits per heavy atom. The Kier molecular flexibility index (Phi) is 5.31. The van der Waals surface area contributed by atoms with Crippen LogP contribution < -0.4 is 5.32 Å². The molecule has 1 atom stereocenters. The van der Waals surface area contributed by atoms with Gasteiger partial charge in [-0.05, 0) is 49.7 Å². The molecule has 0 aliphatic carbocycles. The molecule has 100 valence electrons. The lowest BCUT2D eigenvalue weighted by Gasteiger charge is -2.34. The Bertz CT molecular complexity index is 369. The van der Waals surface area contributed by atoms with Crippen molar-refractivity contribution < 1.29 is 0 Å². The number of halogens is 2. The average molecular weight is 287 g/mol. The highest BCUT2D eigenvalue weighted by Crippen LogP contribution is 2.21. The predicted octanol–water partition coefficient (Wildman–Crippen LogP) is 3.57. The molecule has 18 heavy (non-hydrogen) atoms. The summed E-state index contributed by atoms with van der Waals surface area (Å²) < 4.78 is 0. The van der Waals surface area contributed by atoms with Crippen LogP contribution in [0.3, 0.4) is 0 Å². The van der Waals surface area contributed by atoms with Gasteiger partial charge in [0.1, 0.15) is 0 Å². The summed E-state index contributed by atoms with van der Waals surface area (Å²) in [6, 6.07) is 6.42. The van der Waals surface area contributed by atoms with Crippen molar-refractivity contribution in [1.29, 1.82) is 0 Å². The van der Waals surface area contributed by atoms with Crippen LogP contribution in [0.1, 0.15) is 25.3 Å². The van der Waals surface area contributed by atoms with E-state index in [1.54, 1.807) is 6.07 Å². The first-order valence-corrected chi connectivity index (χ1v) is 7.34. The van der Waals surface area contributed by atoms with Gasteiger partial charge in [-0.15, -0.1) is 0 Å². The van der Waals surface area contributed by atoms with Crippen molar-refractivity contribution in [3.05, 3.63) is 33.8 Å². The van der Waals surface area contributed by atoms with Crippen LogP contribution in [-0.2, 0) is 6.54 Å². The number of hydrogen-bond donors (Lipinski definition) is 1. The fraction of sp³-hybridized carbons (Fsp3) is 0.571. The molecule has 0 bridgehead atoms. The monoisotopic (exact) mass is 286 g/mol. The molecule has 1 fully saturated rings. The fourth-order valence-electron chi connectivity index (χ4n) is 2.58. The second-order valence-corrected chi connectivity index (χ2v) is 5.71. The van der Waals surface area contributed by atoms with Crippen molar-refractivity contribution in [1.82, 2.24) is 10.2 Å². The summed E-state index contributed by atoms with van der Waals surface area (Å²) in [5.74, 6) is 0. The number of nitrogens with one attached hydrogen (secondary N) is 1. The molecule has 0 saturated carbocycles. The molecule has 1 N–H and O–H groups in total. The molecule has 1 aromatic carbocycles. The zero-order valence-corrected chi connectivity index (χ0v) is 12.3. The van der Waals surface area contributed by atoms with E-state index in [2.05, 4.69) is 17.1 Å². The fourth-order valence-corrected chi connectivity index (χ4v) is 3.15. The van der Waals surface area contributed by atoms with Gasteiger partial charge in [0.25, 0.3) is 0 Å². The molecule has 0 radical (unpaired) electrons. The normalized spacial score (nSPS) is 20.3. The molecule has 0 amide bonds. The molecule has 1 saturated heterocycles. The zero-order chi connectivity index (χ0) is 13.0. The highest BCUT2D eigenvalue weighted by atomic mass is 35.5. The van der Waals surface area contributed by atoms with Gasteiger partial charge in [0.2, 0.25) is 0 Å². The lowest BCUT2D eigenvalue weighted by atomic mass is 10.0. The predicted molar refractivity (Wildman–Crippen MR) is 78.4 cm³/mol. The van der Waals surface area contributed by atoms with Gasteiger partial charge in [-0.25, -0.2) is 0 Å². The van der Waals surface area contributed by atoms with Crippen LogP contribution in [0.4, 0.5) is 0 Å². The molecule has 1 unspecified atom stereocenters. The Labute approximate surface area is 119 Å². The third-order valence-corrected chi connectivity index (χ3v) is 3.94. The van der Waals surface area contributed by atoms with E-state index in [1.807, 2.05) is 12.1 Å². The molecular weight excluding hydrogens is 267 g/mol. The molecule has 2 rings (SSSR count). The molecule has 1 heterocycles. The minimum Gasteiger partial charge on any atom is -0.315 e. The third kappa shape index (κ3) is 3.86. The molecule has 1 aliphatic heterocycles. The zero-order valence-electron chi connectivity index (χ0n) is 10.8. The van der Waals surface area contributed by atoms with Crippen LogP contribution in [0.5, 0.6) is 0 Å². The van der Waals surface area contributed by atoms with Gasteiger partial charge in [-0.3, -0.25) is 4.90 Å². The third-order valence-electron chi connectivity index (χ3n) is 3.50. The molecule has 0 aromatic heterocycles. The quantitative estimate of drug-likeness (QED) is 0.910. The summed E-state index contributed by atoms with van der Waals surface area (Å²) in [7, 11) is 0. The Balaban J connectivity index is 2.04. The standard InChI is InChI=1S/C14H20Cl2N2/c1-2-18(14-4-3-5-17-9-14)10-11-6-12(15)8-13(16)7-11/h6-8,14,17H,2-5,9-10H2,1H3. The average Bonchev–Trinajstić information content (AvgIpc) is 2.36. The minimum absolute atomic E-state index is 0.626. The second-order valence-electron chi connectivity index (χ2n) is 4.84. The Morgan fingerprint density at radius 3 is 2.56 bits per heavy atom. The highest BCUT2D eigenvalue weighted by molar-refractivity contribution is 6.34. The molecule has 1 aliphatic rings. The summed E-state index contributed by atoms with van der Waals surface area (Å²) in [4.78, 5) is 2.49. The SMILES string of the molecule is CCN(Cc1cc(Cl)cc(Cl)c1)C1CCCNC1. The van der Waals surface area contributed by atoms with E-state index in [9.17, 15) is 0 Å². The maximum Gasteiger partial charge on any atom is 0.0424 e. The number of piperidine rings is 1. The van der Waals surface area contributed by atoms with E-state index in [4.69, 9.17) is 23.2 Å². The summed E-state index contributed by atoms with van der Waals surface area (Å²) in [5.41, 5.74) is 1.19. The maximum absolute atomic E-state index is 6.05. The van der Waals surface area contributed by atoms with Crippen LogP contribution in [0.2, 0.25) is 10.0 Å². The van der Waals surface area contributed by atoms with Crippen LogP contribution in [0.25, 0.3) is 0 Å². The first-order valence-electron chi connectivity index (χ1n) is 6.58. The summed E-state index contributed by atoms with van der Waals surface area (Å²) in [6.45, 7) is 6.42. The highest BCUT2D eigenvalue weighted by Gasteiger charge is 2.19. The molecule has 4 heteroatoms. The van der Waals surface area contributed by atoms with Gasteiger partial charge in [-0.2, -0.15) is 0 Å². The Hall–Kier alpha value is -0.280. The van der Waals surface area contributed by atoms with Gasteiger partial charge in [0.05, 0.1) is 0 Å². The topological polar surface area (TPSA) is 15.3 Å². The van der Waals surface area contributed by atoms with E-state index in [0.29, 0.717) is 6.04 Å². The van der Waals surface area contributed by atoms with Crippen molar-refractivity contribution in [3.8, 4) is 0 Å². The molecule has 1 aromatic rings. The minimum atomic E-state index is 0.626. The lowest BCUT2D eigenvalue weighted by Crippen LogP contribution is -2.45. The van der Waals surface area contributed by atoms with E-state index in [0.717, 1.165) is 36.2 Å². The van der Waals surface area contributed by atoms with Gasteiger partial charge >= 0.3 is 0 Å². The lowest BCUT2D eigenvalue weighted by molar-refractivity contribution is 0.166. The number of hydrogen-bond acceptors (Lipinski definition) is 2. The maximum atomic E-state index is 6.05. The van der Waals surface area contributed by atoms with Gasteiger partial charge < -0.3 is 5.32 Å². The Morgan fingerprint density at radius 1 is 1.28 bits per heavy atom. The van der Waals surface area contributed by atoms with Crippen molar-refractivity contribution >= 4 is 23.2 Å². The first-order chi connectivity index (χ1) is 8.69. The van der Waals surface area contributed by atoms with Gasteiger partial charge in [0, 0.05) is 29.2 Å². The number of rotatable bonds is 4. The van der Waals surface area contributed by atoms with Crippen molar-refractivity contribution in [2.45, 2.75) is 32.4 Å².